The molecule has 3 aromatic rings. The number of benzene rings is 1. The molecule has 2 amide bonds. The number of hydrogen-bond donors (Lipinski definition) is 2. The van der Waals surface area contributed by atoms with Gasteiger partial charge in [-0.05, 0) is 36.4 Å². The molecule has 0 bridgehead atoms. The van der Waals surface area contributed by atoms with E-state index in [9.17, 15) is 18.8 Å². The largest absolute Gasteiger partial charge is 0.467 e. The zero-order valence-corrected chi connectivity index (χ0v) is 16.2. The van der Waals surface area contributed by atoms with Crippen LogP contribution in [0.4, 0.5) is 10.1 Å². The van der Waals surface area contributed by atoms with Crippen molar-refractivity contribution in [3.8, 4) is 0 Å². The molecule has 2 N–H and O–H groups in total. The van der Waals surface area contributed by atoms with Gasteiger partial charge in [0.1, 0.15) is 17.1 Å². The fraction of sp³-hybridized carbons (Fsp3) is 0.158. The highest BCUT2D eigenvalue weighted by atomic mass is 32.2. The maximum atomic E-state index is 12.9. The van der Waals surface area contributed by atoms with Crippen LogP contribution in [0.25, 0.3) is 0 Å². The predicted octanol–water partition coefficient (Wildman–Crippen LogP) is 2.17. The van der Waals surface area contributed by atoms with E-state index in [4.69, 9.17) is 4.42 Å². The van der Waals surface area contributed by atoms with E-state index in [0.717, 1.165) is 18.0 Å². The third-order valence-electron chi connectivity index (χ3n) is 3.85. The highest BCUT2D eigenvalue weighted by molar-refractivity contribution is 7.99. The molecule has 0 saturated heterocycles. The molecule has 0 spiro atoms. The van der Waals surface area contributed by atoms with E-state index in [1.54, 1.807) is 12.1 Å². The number of hydrogen-bond acceptors (Lipinski definition) is 6. The fourth-order valence-electron chi connectivity index (χ4n) is 2.33. The summed E-state index contributed by atoms with van der Waals surface area (Å²) in [7, 11) is 1.47. The summed E-state index contributed by atoms with van der Waals surface area (Å²) in [4.78, 5) is 40.8. The van der Waals surface area contributed by atoms with Crippen LogP contribution in [0.1, 0.15) is 16.1 Å². The Morgan fingerprint density at radius 1 is 1.24 bits per heavy atom. The normalized spacial score (nSPS) is 10.6. The summed E-state index contributed by atoms with van der Waals surface area (Å²) in [6.07, 6.45) is 2.67. The Hall–Kier alpha value is -3.40. The van der Waals surface area contributed by atoms with Crippen molar-refractivity contribution in [1.29, 1.82) is 0 Å². The lowest BCUT2D eigenvalue weighted by Crippen LogP contribution is -2.30. The van der Waals surface area contributed by atoms with Gasteiger partial charge in [0.25, 0.3) is 11.5 Å². The summed E-state index contributed by atoms with van der Waals surface area (Å²) in [6.45, 7) is 0.265. The molecule has 3 rings (SSSR count). The Balaban J connectivity index is 1.61. The van der Waals surface area contributed by atoms with Crippen molar-refractivity contribution in [2.45, 2.75) is 11.7 Å². The highest BCUT2D eigenvalue weighted by Gasteiger charge is 2.16. The van der Waals surface area contributed by atoms with E-state index in [-0.39, 0.29) is 23.8 Å². The Kier molecular flexibility index (Phi) is 6.45. The molecule has 150 valence electrons. The van der Waals surface area contributed by atoms with Crippen molar-refractivity contribution in [2.75, 3.05) is 11.1 Å². The Morgan fingerprint density at radius 3 is 2.69 bits per heavy atom. The number of furan rings is 1. The average molecular weight is 416 g/mol. The van der Waals surface area contributed by atoms with E-state index in [1.165, 1.54) is 42.1 Å². The van der Waals surface area contributed by atoms with Crippen molar-refractivity contribution in [3.05, 3.63) is 76.4 Å². The number of nitrogens with zero attached hydrogens (tertiary/aromatic N) is 2. The molecular formula is C19H17FN4O4S. The number of amides is 2. The third kappa shape index (κ3) is 5.32. The number of nitrogens with one attached hydrogen (secondary N) is 2. The van der Waals surface area contributed by atoms with E-state index in [0.29, 0.717) is 16.6 Å². The van der Waals surface area contributed by atoms with Gasteiger partial charge in [-0.25, -0.2) is 9.37 Å². The lowest BCUT2D eigenvalue weighted by Gasteiger charge is -2.09. The minimum atomic E-state index is -0.655. The Bertz CT molecular complexity index is 1060. The molecule has 2 aromatic heterocycles. The molecule has 0 atom stereocenters. The minimum Gasteiger partial charge on any atom is -0.467 e. The molecule has 1 aromatic carbocycles. The number of halogens is 1. The summed E-state index contributed by atoms with van der Waals surface area (Å²) in [6, 6.07) is 8.64. The quantitative estimate of drug-likeness (QED) is 0.452. The second-order valence-corrected chi connectivity index (χ2v) is 6.87. The SMILES string of the molecule is Cn1c(SCC(=O)NCc2ccco2)ncc(C(=O)Nc2ccc(F)cc2)c1=O. The van der Waals surface area contributed by atoms with Crippen molar-refractivity contribution < 1.29 is 18.4 Å². The number of thioether (sulfide) groups is 1. The molecule has 0 aliphatic carbocycles. The second kappa shape index (κ2) is 9.20. The molecule has 0 radical (unpaired) electrons. The molecule has 8 nitrogen and oxygen atoms in total. The zero-order valence-electron chi connectivity index (χ0n) is 15.3. The number of aromatic nitrogens is 2. The molecule has 0 aliphatic rings. The van der Waals surface area contributed by atoms with Gasteiger partial charge in [0.05, 0.1) is 18.6 Å². The maximum Gasteiger partial charge on any atom is 0.266 e. The molecule has 2 heterocycles. The summed E-state index contributed by atoms with van der Waals surface area (Å²) >= 11 is 1.07. The van der Waals surface area contributed by atoms with Gasteiger partial charge in [-0.15, -0.1) is 0 Å². The standard InChI is InChI=1S/C19H17FN4O4S/c1-24-18(27)15(17(26)23-13-6-4-12(20)5-7-13)10-22-19(24)29-11-16(25)21-9-14-3-2-8-28-14/h2-8,10H,9,11H2,1H3,(H,21,25)(H,23,26). The number of anilines is 1. The van der Waals surface area contributed by atoms with Gasteiger partial charge in [-0.1, -0.05) is 11.8 Å². The third-order valence-corrected chi connectivity index (χ3v) is 4.89. The first-order chi connectivity index (χ1) is 13.9. The smallest absolute Gasteiger partial charge is 0.266 e. The van der Waals surface area contributed by atoms with Crippen LogP contribution < -0.4 is 16.2 Å². The highest BCUT2D eigenvalue weighted by Crippen LogP contribution is 2.14. The topological polar surface area (TPSA) is 106 Å². The molecule has 10 heteroatoms. The Labute approximate surface area is 169 Å². The molecule has 0 unspecified atom stereocenters. The zero-order chi connectivity index (χ0) is 20.8. The minimum absolute atomic E-state index is 0.0438. The van der Waals surface area contributed by atoms with Gasteiger partial charge in [-0.2, -0.15) is 0 Å². The monoisotopic (exact) mass is 416 g/mol. The van der Waals surface area contributed by atoms with Gasteiger partial charge in [0.2, 0.25) is 5.91 Å². The second-order valence-electron chi connectivity index (χ2n) is 5.92. The molecule has 0 aliphatic heterocycles. The summed E-state index contributed by atoms with van der Waals surface area (Å²) in [5.41, 5.74) is -0.369. The van der Waals surface area contributed by atoms with Crippen LogP contribution in [0.3, 0.4) is 0 Å². The van der Waals surface area contributed by atoms with E-state index < -0.39 is 17.3 Å². The van der Waals surface area contributed by atoms with Crippen LogP contribution in [0, 0.1) is 5.82 Å². The van der Waals surface area contributed by atoms with Gasteiger partial charge >= 0.3 is 0 Å². The van der Waals surface area contributed by atoms with Crippen molar-refractivity contribution in [2.24, 2.45) is 7.05 Å². The van der Waals surface area contributed by atoms with Crippen LogP contribution in [-0.4, -0.2) is 27.1 Å². The first kappa shape index (κ1) is 20.3. The fourth-order valence-corrected chi connectivity index (χ4v) is 3.10. The summed E-state index contributed by atoms with van der Waals surface area (Å²) in [5.74, 6) is -0.668. The van der Waals surface area contributed by atoms with Crippen LogP contribution >= 0.6 is 11.8 Å². The molecule has 0 saturated carbocycles. The first-order valence-corrected chi connectivity index (χ1v) is 9.47. The average Bonchev–Trinajstić information content (AvgIpc) is 3.23. The van der Waals surface area contributed by atoms with Crippen LogP contribution in [0.2, 0.25) is 0 Å². The van der Waals surface area contributed by atoms with Gasteiger partial charge in [0.15, 0.2) is 5.16 Å². The van der Waals surface area contributed by atoms with Crippen LogP contribution in [0.15, 0.2) is 63.2 Å². The van der Waals surface area contributed by atoms with E-state index in [1.807, 2.05) is 0 Å². The number of rotatable bonds is 7. The number of carbonyl (C=O) groups excluding carboxylic acids is 2. The molecular weight excluding hydrogens is 399 g/mol. The first-order valence-electron chi connectivity index (χ1n) is 8.49. The van der Waals surface area contributed by atoms with Crippen molar-refractivity contribution >= 4 is 29.3 Å². The molecule has 29 heavy (non-hydrogen) atoms. The summed E-state index contributed by atoms with van der Waals surface area (Å²) in [5, 5.41) is 5.50. The maximum absolute atomic E-state index is 12.9. The lowest BCUT2D eigenvalue weighted by molar-refractivity contribution is -0.118. The van der Waals surface area contributed by atoms with Gasteiger partial charge in [0, 0.05) is 18.9 Å². The van der Waals surface area contributed by atoms with Crippen molar-refractivity contribution in [1.82, 2.24) is 14.9 Å². The number of carbonyl (C=O) groups is 2. The lowest BCUT2D eigenvalue weighted by atomic mass is 10.2. The van der Waals surface area contributed by atoms with Crippen molar-refractivity contribution in [3.63, 3.8) is 0 Å². The van der Waals surface area contributed by atoms with Gasteiger partial charge in [-0.3, -0.25) is 19.0 Å². The van der Waals surface area contributed by atoms with Crippen LogP contribution in [-0.2, 0) is 18.4 Å². The molecule has 0 fully saturated rings. The van der Waals surface area contributed by atoms with Crippen LogP contribution in [0.5, 0.6) is 0 Å². The van der Waals surface area contributed by atoms with E-state index in [2.05, 4.69) is 15.6 Å². The van der Waals surface area contributed by atoms with Gasteiger partial charge < -0.3 is 15.1 Å². The predicted molar refractivity (Wildman–Crippen MR) is 105 cm³/mol. The Morgan fingerprint density at radius 2 is 2.00 bits per heavy atom. The summed E-state index contributed by atoms with van der Waals surface area (Å²) < 4.78 is 19.3. The van der Waals surface area contributed by atoms with E-state index >= 15 is 0 Å².